The van der Waals surface area contributed by atoms with E-state index in [0.717, 1.165) is 57.6 Å². The van der Waals surface area contributed by atoms with Crippen molar-refractivity contribution >= 4 is 11.6 Å². The van der Waals surface area contributed by atoms with Gasteiger partial charge in [-0.1, -0.05) is 19.1 Å². The number of aliphatic imine (C=N–C) groups is 1. The molecule has 0 bridgehead atoms. The van der Waals surface area contributed by atoms with E-state index in [4.69, 9.17) is 9.47 Å². The average molecular weight is 389 g/mol. The molecular formula is C22H36N4O2. The lowest BCUT2D eigenvalue weighted by Gasteiger charge is -2.32. The minimum absolute atomic E-state index is 0.286. The van der Waals surface area contributed by atoms with E-state index in [2.05, 4.69) is 51.7 Å². The maximum absolute atomic E-state index is 5.79. The molecule has 6 nitrogen and oxygen atoms in total. The number of hydrogen-bond donors (Lipinski definition) is 2. The molecule has 2 N–H and O–H groups in total. The van der Waals surface area contributed by atoms with Crippen LogP contribution < -0.4 is 15.5 Å². The Hall–Kier alpha value is -1.79. The predicted octanol–water partition coefficient (Wildman–Crippen LogP) is 2.78. The molecule has 1 aromatic carbocycles. The summed E-state index contributed by atoms with van der Waals surface area (Å²) in [5.74, 6) is 1.69. The van der Waals surface area contributed by atoms with Crippen molar-refractivity contribution in [1.29, 1.82) is 0 Å². The second-order valence-electron chi connectivity index (χ2n) is 7.90. The van der Waals surface area contributed by atoms with Gasteiger partial charge in [-0.2, -0.15) is 0 Å². The minimum atomic E-state index is 0.286. The first kappa shape index (κ1) is 20.9. The highest BCUT2D eigenvalue weighted by Gasteiger charge is 2.16. The summed E-state index contributed by atoms with van der Waals surface area (Å²) in [5, 5.41) is 6.74. The van der Waals surface area contributed by atoms with E-state index in [1.165, 1.54) is 37.2 Å². The van der Waals surface area contributed by atoms with Crippen LogP contribution in [0.3, 0.4) is 0 Å². The van der Waals surface area contributed by atoms with Gasteiger partial charge in [0.25, 0.3) is 0 Å². The van der Waals surface area contributed by atoms with E-state index in [0.29, 0.717) is 0 Å². The third kappa shape index (κ3) is 6.67. The summed E-state index contributed by atoms with van der Waals surface area (Å²) < 4.78 is 11.1. The normalized spacial score (nSPS) is 21.1. The fourth-order valence-electron chi connectivity index (χ4n) is 3.67. The summed E-state index contributed by atoms with van der Waals surface area (Å²) in [6.45, 7) is 8.65. The average Bonchev–Trinajstić information content (AvgIpc) is 3.25. The first-order valence-electron chi connectivity index (χ1n) is 10.7. The monoisotopic (exact) mass is 388 g/mol. The van der Waals surface area contributed by atoms with Crippen LogP contribution in [0, 0.1) is 5.92 Å². The van der Waals surface area contributed by atoms with Crippen molar-refractivity contribution in [2.24, 2.45) is 10.9 Å². The zero-order chi connectivity index (χ0) is 19.6. The van der Waals surface area contributed by atoms with Crippen molar-refractivity contribution in [3.63, 3.8) is 0 Å². The summed E-state index contributed by atoms with van der Waals surface area (Å²) in [7, 11) is 1.81. The molecule has 2 aliphatic heterocycles. The van der Waals surface area contributed by atoms with Gasteiger partial charge in [0.1, 0.15) is 0 Å². The van der Waals surface area contributed by atoms with E-state index in [1.54, 1.807) is 0 Å². The van der Waals surface area contributed by atoms with Crippen molar-refractivity contribution in [2.75, 3.05) is 51.4 Å². The number of piperidine rings is 1. The fourth-order valence-corrected chi connectivity index (χ4v) is 3.67. The molecule has 0 aliphatic carbocycles. The standard InChI is InChI=1S/C22H36N4O2/c1-18-8-12-26(13-9-18)20-6-4-19(5-7-20)16-25-22(23-2)24-11-3-14-28-21-10-15-27-17-21/h4-7,18,21H,3,8-17H2,1-2H3,(H2,23,24,25). The largest absolute Gasteiger partial charge is 0.379 e. The molecule has 1 aromatic rings. The first-order valence-corrected chi connectivity index (χ1v) is 10.7. The molecule has 6 heteroatoms. The Morgan fingerprint density at radius 3 is 2.64 bits per heavy atom. The maximum Gasteiger partial charge on any atom is 0.191 e. The van der Waals surface area contributed by atoms with Crippen molar-refractivity contribution in [1.82, 2.24) is 10.6 Å². The molecule has 0 aromatic heterocycles. The van der Waals surface area contributed by atoms with Crippen LogP contribution in [-0.4, -0.2) is 58.6 Å². The van der Waals surface area contributed by atoms with Crippen molar-refractivity contribution in [2.45, 2.75) is 45.3 Å². The number of rotatable bonds is 8. The second-order valence-corrected chi connectivity index (χ2v) is 7.90. The maximum atomic E-state index is 5.79. The van der Waals surface area contributed by atoms with Gasteiger partial charge in [-0.05, 0) is 49.3 Å². The number of nitrogens with zero attached hydrogens (tertiary/aromatic N) is 2. The van der Waals surface area contributed by atoms with Crippen LogP contribution in [0.4, 0.5) is 5.69 Å². The highest BCUT2D eigenvalue weighted by Crippen LogP contribution is 2.23. The van der Waals surface area contributed by atoms with Gasteiger partial charge in [-0.15, -0.1) is 0 Å². The van der Waals surface area contributed by atoms with E-state index < -0.39 is 0 Å². The quantitative estimate of drug-likeness (QED) is 0.407. The molecule has 0 saturated carbocycles. The molecule has 3 rings (SSSR count). The van der Waals surface area contributed by atoms with Gasteiger partial charge in [0.15, 0.2) is 5.96 Å². The summed E-state index contributed by atoms with van der Waals surface area (Å²) in [4.78, 5) is 6.80. The third-order valence-electron chi connectivity index (χ3n) is 5.62. The summed E-state index contributed by atoms with van der Waals surface area (Å²) in [6, 6.07) is 8.91. The number of ether oxygens (including phenoxy) is 2. The Morgan fingerprint density at radius 2 is 1.96 bits per heavy atom. The second kappa shape index (κ2) is 11.3. The van der Waals surface area contributed by atoms with Gasteiger partial charge in [0, 0.05) is 52.1 Å². The van der Waals surface area contributed by atoms with Gasteiger partial charge >= 0.3 is 0 Å². The number of guanidine groups is 1. The van der Waals surface area contributed by atoms with E-state index in [-0.39, 0.29) is 6.10 Å². The molecular weight excluding hydrogens is 352 g/mol. The number of hydrogen-bond acceptors (Lipinski definition) is 4. The molecule has 2 aliphatic rings. The van der Waals surface area contributed by atoms with Gasteiger partial charge in [0.2, 0.25) is 0 Å². The van der Waals surface area contributed by atoms with Gasteiger partial charge in [-0.25, -0.2) is 0 Å². The number of benzene rings is 1. The molecule has 1 unspecified atom stereocenters. The van der Waals surface area contributed by atoms with Crippen LogP contribution in [0.15, 0.2) is 29.3 Å². The SMILES string of the molecule is CN=C(NCCCOC1CCOC1)NCc1ccc(N2CCC(C)CC2)cc1. The molecule has 28 heavy (non-hydrogen) atoms. The van der Waals surface area contributed by atoms with E-state index in [1.807, 2.05) is 7.05 Å². The van der Waals surface area contributed by atoms with Crippen molar-refractivity contribution in [3.05, 3.63) is 29.8 Å². The number of nitrogens with one attached hydrogen (secondary N) is 2. The van der Waals surface area contributed by atoms with Gasteiger partial charge in [0.05, 0.1) is 12.7 Å². The fraction of sp³-hybridized carbons (Fsp3) is 0.682. The van der Waals surface area contributed by atoms with Crippen LogP contribution in [0.1, 0.15) is 38.2 Å². The zero-order valence-corrected chi connectivity index (χ0v) is 17.5. The van der Waals surface area contributed by atoms with Gasteiger partial charge in [-0.3, -0.25) is 4.99 Å². The lowest BCUT2D eigenvalue weighted by atomic mass is 9.99. The Bertz CT molecular complexity index is 591. The van der Waals surface area contributed by atoms with Crippen LogP contribution in [0.25, 0.3) is 0 Å². The minimum Gasteiger partial charge on any atom is -0.379 e. The van der Waals surface area contributed by atoms with Crippen LogP contribution in [0.2, 0.25) is 0 Å². The topological polar surface area (TPSA) is 58.1 Å². The zero-order valence-electron chi connectivity index (χ0n) is 17.5. The molecule has 0 amide bonds. The molecule has 156 valence electrons. The van der Waals surface area contributed by atoms with Crippen LogP contribution >= 0.6 is 0 Å². The molecule has 2 heterocycles. The summed E-state index contributed by atoms with van der Waals surface area (Å²) in [5.41, 5.74) is 2.60. The van der Waals surface area contributed by atoms with E-state index >= 15 is 0 Å². The molecule has 0 radical (unpaired) electrons. The van der Waals surface area contributed by atoms with Crippen LogP contribution in [0.5, 0.6) is 0 Å². The Morgan fingerprint density at radius 1 is 1.18 bits per heavy atom. The lowest BCUT2D eigenvalue weighted by molar-refractivity contribution is 0.0420. The van der Waals surface area contributed by atoms with Crippen molar-refractivity contribution < 1.29 is 9.47 Å². The predicted molar refractivity (Wildman–Crippen MR) is 115 cm³/mol. The number of anilines is 1. The van der Waals surface area contributed by atoms with Gasteiger partial charge < -0.3 is 25.0 Å². The molecule has 2 fully saturated rings. The Kier molecular flexibility index (Phi) is 8.42. The third-order valence-corrected chi connectivity index (χ3v) is 5.62. The molecule has 2 saturated heterocycles. The highest BCUT2D eigenvalue weighted by atomic mass is 16.5. The van der Waals surface area contributed by atoms with Crippen molar-refractivity contribution in [3.8, 4) is 0 Å². The molecule has 0 spiro atoms. The highest BCUT2D eigenvalue weighted by molar-refractivity contribution is 5.79. The first-order chi connectivity index (χ1) is 13.7. The van der Waals surface area contributed by atoms with Crippen LogP contribution in [-0.2, 0) is 16.0 Å². The van der Waals surface area contributed by atoms with E-state index in [9.17, 15) is 0 Å². The Labute approximate surface area is 169 Å². The molecule has 1 atom stereocenters. The smallest absolute Gasteiger partial charge is 0.191 e. The summed E-state index contributed by atoms with van der Waals surface area (Å²) >= 11 is 0. The Balaban J connectivity index is 1.32. The summed E-state index contributed by atoms with van der Waals surface area (Å²) in [6.07, 6.45) is 4.86. The lowest BCUT2D eigenvalue weighted by Crippen LogP contribution is -2.37.